The van der Waals surface area contributed by atoms with E-state index in [1.807, 2.05) is 0 Å². The Bertz CT molecular complexity index is 395. The third kappa shape index (κ3) is 6.60. The Balaban J connectivity index is 0.000000372. The summed E-state index contributed by atoms with van der Waals surface area (Å²) in [4.78, 5) is 0. The fourth-order valence-electron chi connectivity index (χ4n) is 3.88. The van der Waals surface area contributed by atoms with Gasteiger partial charge in [0.25, 0.3) is 0 Å². The van der Waals surface area contributed by atoms with Crippen molar-refractivity contribution in [3.05, 3.63) is 47.6 Å². The molecule has 128 valence electrons. The number of allylic oxidation sites excluding steroid dienone is 8. The zero-order chi connectivity index (χ0) is 13.6. The summed E-state index contributed by atoms with van der Waals surface area (Å²) in [5.41, 5.74) is 3.00. The number of rotatable bonds is 2. The first-order chi connectivity index (χ1) is 9.93. The van der Waals surface area contributed by atoms with Gasteiger partial charge in [-0.15, -0.1) is 12.8 Å². The minimum atomic E-state index is 0. The van der Waals surface area contributed by atoms with Crippen LogP contribution in [0.15, 0.2) is 35.5 Å². The molecule has 2 saturated carbocycles. The minimum Gasteiger partial charge on any atom is -0.269 e. The van der Waals surface area contributed by atoms with Gasteiger partial charge in [0.2, 0.25) is 0 Å². The Kier molecular flexibility index (Phi) is 11.9. The van der Waals surface area contributed by atoms with Crippen molar-refractivity contribution in [2.45, 2.75) is 64.2 Å². The van der Waals surface area contributed by atoms with E-state index in [1.54, 1.807) is 0 Å². The van der Waals surface area contributed by atoms with Crippen molar-refractivity contribution in [3.8, 4) is 0 Å². The molecular formula is C20H28F2Hf-2. The number of halogens is 2. The molecule has 0 spiro atoms. The Morgan fingerprint density at radius 2 is 1.00 bits per heavy atom. The molecule has 0 heterocycles. The van der Waals surface area contributed by atoms with Gasteiger partial charge >= 0.3 is 0 Å². The average Bonchev–Trinajstić information content (AvgIpc) is 3.29. The summed E-state index contributed by atoms with van der Waals surface area (Å²) in [7, 11) is 0. The Morgan fingerprint density at radius 1 is 0.652 bits per heavy atom. The van der Waals surface area contributed by atoms with Crippen LogP contribution in [0.4, 0.5) is 9.41 Å². The first kappa shape index (κ1) is 22.7. The van der Waals surface area contributed by atoms with Crippen molar-refractivity contribution in [1.29, 1.82) is 0 Å². The molecule has 0 aromatic rings. The van der Waals surface area contributed by atoms with Crippen LogP contribution in [-0.4, -0.2) is 0 Å². The zero-order valence-electron chi connectivity index (χ0n) is 13.9. The van der Waals surface area contributed by atoms with Gasteiger partial charge in [-0.3, -0.25) is 21.6 Å². The van der Waals surface area contributed by atoms with Crippen molar-refractivity contribution >= 4 is 0 Å². The van der Waals surface area contributed by atoms with Crippen molar-refractivity contribution in [1.82, 2.24) is 0 Å². The molecule has 4 aliphatic rings. The van der Waals surface area contributed by atoms with Gasteiger partial charge in [-0.05, 0) is 37.5 Å². The van der Waals surface area contributed by atoms with Gasteiger partial charge in [0.15, 0.2) is 0 Å². The van der Waals surface area contributed by atoms with E-state index in [4.69, 9.17) is 0 Å². The second-order valence-corrected chi connectivity index (χ2v) is 6.44. The van der Waals surface area contributed by atoms with Crippen LogP contribution in [0.2, 0.25) is 0 Å². The van der Waals surface area contributed by atoms with E-state index >= 15 is 0 Å². The molecule has 0 nitrogen and oxygen atoms in total. The fourth-order valence-corrected chi connectivity index (χ4v) is 3.88. The van der Waals surface area contributed by atoms with Gasteiger partial charge < -0.3 is 0 Å². The predicted octanol–water partition coefficient (Wildman–Crippen LogP) is 6.03. The van der Waals surface area contributed by atoms with E-state index in [1.165, 1.54) is 62.5 Å². The molecule has 0 unspecified atom stereocenters. The van der Waals surface area contributed by atoms with Gasteiger partial charge in [-0.25, -0.2) is 23.3 Å². The molecule has 2 fully saturated rings. The summed E-state index contributed by atoms with van der Waals surface area (Å²) in [5, 5.41) is 0. The van der Waals surface area contributed by atoms with Crippen LogP contribution in [0.5, 0.6) is 0 Å². The second kappa shape index (κ2) is 12.1. The normalized spacial score (nSPS) is 22.4. The molecule has 3 heteroatoms. The molecule has 0 saturated heterocycles. The molecule has 0 bridgehead atoms. The summed E-state index contributed by atoms with van der Waals surface area (Å²) >= 11 is 0. The number of hydrogen-bond donors (Lipinski definition) is 0. The summed E-state index contributed by atoms with van der Waals surface area (Å²) in [5.74, 6) is 1.75. The van der Waals surface area contributed by atoms with Crippen LogP contribution < -0.4 is 0 Å². The molecule has 0 aromatic heterocycles. The third-order valence-corrected chi connectivity index (χ3v) is 5.03. The van der Waals surface area contributed by atoms with Crippen molar-refractivity contribution < 1.29 is 35.3 Å². The quantitative estimate of drug-likeness (QED) is 0.331. The molecule has 0 amide bonds. The molecule has 0 aliphatic heterocycles. The van der Waals surface area contributed by atoms with Crippen molar-refractivity contribution in [2.24, 2.45) is 11.8 Å². The standard InChI is InChI=1S/2C10H13.2FH.Hf/c2*1-2-6-9(5-1)10-7-3-4-8-10;;;/h2*1,5,10H,2-4,7-8H2;2*1H;/q2*-1;;;. The summed E-state index contributed by atoms with van der Waals surface area (Å²) in [6, 6.07) is 0. The maximum atomic E-state index is 3.40. The maximum Gasteiger partial charge on any atom is 0 e. The Hall–Kier alpha value is -0.310. The van der Waals surface area contributed by atoms with Gasteiger partial charge in [0.05, 0.1) is 0 Å². The zero-order valence-corrected chi connectivity index (χ0v) is 17.4. The second-order valence-electron chi connectivity index (χ2n) is 6.44. The van der Waals surface area contributed by atoms with Gasteiger partial charge in [-0.1, -0.05) is 25.7 Å². The molecule has 0 aromatic carbocycles. The SMILES string of the molecule is F.F.[C-]1=C(C2CCCC2)C=CC1.[C-]1=C(C2CCCC2)C=CC1.[Hf]. The van der Waals surface area contributed by atoms with Gasteiger partial charge in [-0.2, -0.15) is 12.2 Å². The van der Waals surface area contributed by atoms with Crippen LogP contribution in [-0.2, 0) is 25.8 Å². The van der Waals surface area contributed by atoms with E-state index in [-0.39, 0.29) is 35.3 Å². The van der Waals surface area contributed by atoms with E-state index < -0.39 is 0 Å². The topological polar surface area (TPSA) is 0 Å². The van der Waals surface area contributed by atoms with E-state index in [0.717, 1.165) is 24.7 Å². The average molecular weight is 485 g/mol. The van der Waals surface area contributed by atoms with E-state index in [0.29, 0.717) is 0 Å². The predicted molar refractivity (Wildman–Crippen MR) is 89.9 cm³/mol. The van der Waals surface area contributed by atoms with Crippen LogP contribution in [0.25, 0.3) is 0 Å². The molecule has 0 atom stereocenters. The Labute approximate surface area is 158 Å². The molecule has 0 radical (unpaired) electrons. The minimum absolute atomic E-state index is 0. The smallest absolute Gasteiger partial charge is 0 e. The summed E-state index contributed by atoms with van der Waals surface area (Å²) < 4.78 is 0. The third-order valence-electron chi connectivity index (χ3n) is 5.03. The van der Waals surface area contributed by atoms with Gasteiger partial charge in [0.1, 0.15) is 0 Å². The first-order valence-electron chi connectivity index (χ1n) is 8.48. The van der Waals surface area contributed by atoms with Crippen LogP contribution in [0, 0.1) is 24.0 Å². The Morgan fingerprint density at radius 3 is 1.26 bits per heavy atom. The molecule has 0 N–H and O–H groups in total. The fraction of sp³-hybridized carbons (Fsp3) is 0.600. The van der Waals surface area contributed by atoms with Crippen LogP contribution in [0.1, 0.15) is 64.2 Å². The molecular weight excluding hydrogens is 457 g/mol. The summed E-state index contributed by atoms with van der Waals surface area (Å²) in [6.07, 6.45) is 29.3. The van der Waals surface area contributed by atoms with E-state index in [2.05, 4.69) is 36.5 Å². The first-order valence-corrected chi connectivity index (χ1v) is 8.48. The van der Waals surface area contributed by atoms with Crippen molar-refractivity contribution in [3.63, 3.8) is 0 Å². The van der Waals surface area contributed by atoms with E-state index in [9.17, 15) is 0 Å². The van der Waals surface area contributed by atoms with Crippen LogP contribution >= 0.6 is 0 Å². The molecule has 4 aliphatic carbocycles. The van der Waals surface area contributed by atoms with Crippen LogP contribution in [0.3, 0.4) is 0 Å². The monoisotopic (exact) mass is 486 g/mol. The molecule has 4 rings (SSSR count). The summed E-state index contributed by atoms with van der Waals surface area (Å²) in [6.45, 7) is 0. The van der Waals surface area contributed by atoms with Crippen molar-refractivity contribution in [2.75, 3.05) is 0 Å². The largest absolute Gasteiger partial charge is 0.269 e. The van der Waals surface area contributed by atoms with Gasteiger partial charge in [0, 0.05) is 25.8 Å². The maximum absolute atomic E-state index is 3.40. The molecule has 23 heavy (non-hydrogen) atoms. The number of hydrogen-bond acceptors (Lipinski definition) is 0.